The van der Waals surface area contributed by atoms with Crippen LogP contribution in [0.3, 0.4) is 0 Å². The summed E-state index contributed by atoms with van der Waals surface area (Å²) < 4.78 is 33.2. The van der Waals surface area contributed by atoms with Gasteiger partial charge in [0.05, 0.1) is 7.11 Å². The molecule has 0 N–H and O–H groups in total. The first-order valence-corrected chi connectivity index (χ1v) is 7.36. The van der Waals surface area contributed by atoms with Gasteiger partial charge in [0.25, 0.3) is 0 Å². The number of ether oxygens (including phenoxy) is 1. The molecule has 0 spiro atoms. The van der Waals surface area contributed by atoms with Crippen LogP contribution in [0.4, 0.5) is 8.78 Å². The van der Waals surface area contributed by atoms with Crippen molar-refractivity contribution in [1.82, 2.24) is 0 Å². The molecule has 0 radical (unpaired) electrons. The first kappa shape index (κ1) is 20.9. The van der Waals surface area contributed by atoms with Crippen molar-refractivity contribution in [2.45, 2.75) is 26.8 Å². The highest BCUT2D eigenvalue weighted by atomic mass is 79.9. The fourth-order valence-corrected chi connectivity index (χ4v) is 2.54. The van der Waals surface area contributed by atoms with Crippen LogP contribution in [-0.4, -0.2) is 18.9 Å². The van der Waals surface area contributed by atoms with E-state index in [9.17, 15) is 18.4 Å². The molecule has 0 amide bonds. The van der Waals surface area contributed by atoms with Gasteiger partial charge in [-0.2, -0.15) is 13.3 Å². The number of halogens is 3. The average molecular weight is 414 g/mol. The topological polar surface area (TPSA) is 47.2 Å². The smallest absolute Gasteiger partial charge is 0.344 e. The zero-order valence-electron chi connectivity index (χ0n) is 14.1. The van der Waals surface area contributed by atoms with Crippen LogP contribution < -0.4 is 21.5 Å². The lowest BCUT2D eigenvalue weighted by Crippen LogP contribution is -3.00. The van der Waals surface area contributed by atoms with Gasteiger partial charge in [-0.15, -0.1) is 0 Å². The quantitative estimate of drug-likeness (QED) is 0.489. The number of pyridine rings is 1. The van der Waals surface area contributed by atoms with Crippen LogP contribution in [0.25, 0.3) is 0 Å². The lowest BCUT2D eigenvalue weighted by Gasteiger charge is -2.08. The lowest BCUT2D eigenvalue weighted by atomic mass is 9.98. The van der Waals surface area contributed by atoms with Gasteiger partial charge >= 0.3 is 5.97 Å². The number of carbonyl (C=O) groups excluding carboxylic acids is 2. The summed E-state index contributed by atoms with van der Waals surface area (Å²) in [4.78, 5) is 23.6. The molecule has 134 valence electrons. The first-order chi connectivity index (χ1) is 11.3. The van der Waals surface area contributed by atoms with Gasteiger partial charge in [0.1, 0.15) is 5.56 Å². The molecule has 2 rings (SSSR count). The number of methoxy groups -OCH3 is 1. The fraction of sp³-hybridized carbons (Fsp3) is 0.278. The van der Waals surface area contributed by atoms with E-state index in [0.29, 0.717) is 0 Å². The minimum Gasteiger partial charge on any atom is -1.00 e. The summed E-state index contributed by atoms with van der Waals surface area (Å²) in [5, 5.41) is 0. The predicted octanol–water partition coefficient (Wildman–Crippen LogP) is -0.528. The van der Waals surface area contributed by atoms with Gasteiger partial charge in [0.2, 0.25) is 36.4 Å². The summed E-state index contributed by atoms with van der Waals surface area (Å²) in [6.45, 7) is 3.63. The number of benzene rings is 1. The number of hydrogen-bond acceptors (Lipinski definition) is 3. The fourth-order valence-electron chi connectivity index (χ4n) is 2.54. The van der Waals surface area contributed by atoms with Crippen molar-refractivity contribution in [2.75, 3.05) is 7.11 Å². The molecule has 0 bridgehead atoms. The number of aryl methyl sites for hydroxylation is 2. The van der Waals surface area contributed by atoms with Crippen molar-refractivity contribution in [3.05, 3.63) is 64.5 Å². The highest BCUT2D eigenvalue weighted by molar-refractivity contribution is 5.89. The van der Waals surface area contributed by atoms with E-state index in [4.69, 9.17) is 0 Å². The summed E-state index contributed by atoms with van der Waals surface area (Å²) >= 11 is 0. The van der Waals surface area contributed by atoms with Gasteiger partial charge in [-0.1, -0.05) is 18.2 Å². The molecule has 0 fully saturated rings. The number of hydrogen-bond donors (Lipinski definition) is 0. The summed E-state index contributed by atoms with van der Waals surface area (Å²) in [6.07, 6.45) is 2.00. The van der Waals surface area contributed by atoms with Gasteiger partial charge in [0.15, 0.2) is 0 Å². The number of ketones is 1. The number of aromatic nitrogens is 1. The lowest BCUT2D eigenvalue weighted by molar-refractivity contribution is -0.687. The molecule has 0 saturated carbocycles. The Bertz CT molecular complexity index is 766. The molecule has 0 unspecified atom stereocenters. The van der Waals surface area contributed by atoms with Crippen molar-refractivity contribution < 1.29 is 44.7 Å². The Labute approximate surface area is 155 Å². The van der Waals surface area contributed by atoms with Gasteiger partial charge in [-0.25, -0.2) is 4.79 Å². The summed E-state index contributed by atoms with van der Waals surface area (Å²) in [5.41, 5.74) is 2.13. The van der Waals surface area contributed by atoms with Gasteiger partial charge < -0.3 is 21.7 Å². The Morgan fingerprint density at radius 1 is 1.08 bits per heavy atom. The van der Waals surface area contributed by atoms with E-state index in [1.165, 1.54) is 0 Å². The number of esters is 1. The maximum absolute atomic E-state index is 13.9. The largest absolute Gasteiger partial charge is 1.00 e. The Balaban J connectivity index is 0.00000312. The molecule has 0 aliphatic rings. The molecule has 25 heavy (non-hydrogen) atoms. The van der Waals surface area contributed by atoms with E-state index < -0.39 is 23.2 Å². The zero-order valence-corrected chi connectivity index (χ0v) is 15.7. The van der Waals surface area contributed by atoms with Crippen LogP contribution in [0.1, 0.15) is 27.0 Å². The highest BCUT2D eigenvalue weighted by Gasteiger charge is 2.24. The van der Waals surface area contributed by atoms with Crippen LogP contribution in [0.5, 0.6) is 0 Å². The van der Waals surface area contributed by atoms with Crippen LogP contribution in [0.2, 0.25) is 0 Å². The summed E-state index contributed by atoms with van der Waals surface area (Å²) in [5.74, 6) is -3.43. The van der Waals surface area contributed by atoms with E-state index in [-0.39, 0.29) is 35.7 Å². The second-order valence-corrected chi connectivity index (χ2v) is 5.58. The Hall–Kier alpha value is -2.15. The molecular formula is C18H18BrF2NO3. The third-order valence-electron chi connectivity index (χ3n) is 3.80. The molecule has 0 aliphatic carbocycles. The molecule has 1 heterocycles. The molecule has 4 nitrogen and oxygen atoms in total. The van der Waals surface area contributed by atoms with E-state index in [1.807, 2.05) is 32.0 Å². The summed E-state index contributed by atoms with van der Waals surface area (Å²) in [7, 11) is 1.04. The van der Waals surface area contributed by atoms with Crippen molar-refractivity contribution in [3.8, 4) is 0 Å². The van der Waals surface area contributed by atoms with Crippen molar-refractivity contribution >= 4 is 11.8 Å². The minimum absolute atomic E-state index is 0. The normalized spacial score (nSPS) is 10.1. The molecule has 1 aromatic heterocycles. The molecule has 0 aliphatic heterocycles. The van der Waals surface area contributed by atoms with E-state index in [0.717, 1.165) is 40.8 Å². The Morgan fingerprint density at radius 3 is 2.08 bits per heavy atom. The third-order valence-corrected chi connectivity index (χ3v) is 3.80. The average Bonchev–Trinajstić information content (AvgIpc) is 2.50. The Morgan fingerprint density at radius 2 is 1.60 bits per heavy atom. The predicted molar refractivity (Wildman–Crippen MR) is 82.5 cm³/mol. The number of nitrogens with zero attached hydrogens (tertiary/aromatic N) is 1. The molecule has 7 heteroatoms. The molecular weight excluding hydrogens is 396 g/mol. The SMILES string of the molecule is COC(=O)c1c(F)c[n+](CC(=O)Cc2c(C)cccc2C)cc1F.[Br-]. The maximum Gasteiger partial charge on any atom is 0.344 e. The third kappa shape index (κ3) is 4.92. The number of Topliss-reactive ketones (excluding diaryl/α,β-unsaturated/α-hetero) is 1. The molecule has 0 saturated heterocycles. The number of rotatable bonds is 5. The molecule has 1 aromatic carbocycles. The van der Waals surface area contributed by atoms with E-state index in [1.54, 1.807) is 0 Å². The summed E-state index contributed by atoms with van der Waals surface area (Å²) in [6, 6.07) is 5.73. The minimum atomic E-state index is -1.10. The Kier molecular flexibility index (Phi) is 7.36. The maximum atomic E-state index is 13.9. The van der Waals surface area contributed by atoms with E-state index >= 15 is 0 Å². The monoisotopic (exact) mass is 413 g/mol. The van der Waals surface area contributed by atoms with Crippen molar-refractivity contribution in [2.24, 2.45) is 0 Å². The van der Waals surface area contributed by atoms with Crippen LogP contribution >= 0.6 is 0 Å². The van der Waals surface area contributed by atoms with Crippen molar-refractivity contribution in [1.29, 1.82) is 0 Å². The highest BCUT2D eigenvalue weighted by Crippen LogP contribution is 2.14. The molecule has 0 atom stereocenters. The van der Waals surface area contributed by atoms with E-state index in [2.05, 4.69) is 4.74 Å². The number of carbonyl (C=O) groups is 2. The first-order valence-electron chi connectivity index (χ1n) is 7.36. The second kappa shape index (κ2) is 8.80. The molecule has 2 aromatic rings. The van der Waals surface area contributed by atoms with Gasteiger partial charge in [-0.05, 0) is 30.5 Å². The van der Waals surface area contributed by atoms with Crippen LogP contribution in [0.15, 0.2) is 30.6 Å². The van der Waals surface area contributed by atoms with Crippen LogP contribution in [0, 0.1) is 25.5 Å². The van der Waals surface area contributed by atoms with Gasteiger partial charge in [0, 0.05) is 6.42 Å². The standard InChI is InChI=1S/C18H18F2NO3.BrH/c1-11-5-4-6-12(2)14(11)7-13(22)8-21-9-15(19)17(16(20)10-21)18(23)24-3;/h4-6,9-10H,7-8H2,1-3H3;1H/q+1;/p-1. The zero-order chi connectivity index (χ0) is 17.9. The second-order valence-electron chi connectivity index (χ2n) is 5.58. The van der Waals surface area contributed by atoms with Gasteiger partial charge in [-0.3, -0.25) is 4.79 Å². The van der Waals surface area contributed by atoms with Crippen molar-refractivity contribution in [3.63, 3.8) is 0 Å². The van der Waals surface area contributed by atoms with Crippen LogP contribution in [-0.2, 0) is 22.5 Å².